The van der Waals surface area contributed by atoms with Gasteiger partial charge in [-0.3, -0.25) is 0 Å². The molecule has 0 aliphatic carbocycles. The second kappa shape index (κ2) is 5.88. The van der Waals surface area contributed by atoms with Crippen molar-refractivity contribution in [3.8, 4) is 0 Å². The first-order valence-electron chi connectivity index (χ1n) is 5.51. The van der Waals surface area contributed by atoms with Gasteiger partial charge < -0.3 is 4.52 Å². The van der Waals surface area contributed by atoms with Crippen molar-refractivity contribution >= 4 is 46.4 Å². The summed E-state index contributed by atoms with van der Waals surface area (Å²) < 4.78 is 3.24. The molecular formula is C12H10Cl4N2O. The molecule has 1 aromatic carbocycles. The Hall–Kier alpha value is -0.480. The van der Waals surface area contributed by atoms with Gasteiger partial charge in [0, 0.05) is 10.9 Å². The van der Waals surface area contributed by atoms with E-state index < -0.39 is 3.79 Å². The second-order valence-electron chi connectivity index (χ2n) is 4.19. The van der Waals surface area contributed by atoms with Crippen molar-refractivity contribution < 1.29 is 4.52 Å². The topological polar surface area (TPSA) is 38.9 Å². The van der Waals surface area contributed by atoms with Crippen molar-refractivity contribution in [2.45, 2.75) is 23.1 Å². The van der Waals surface area contributed by atoms with Crippen LogP contribution < -0.4 is 0 Å². The summed E-state index contributed by atoms with van der Waals surface area (Å²) >= 11 is 22.9. The summed E-state index contributed by atoms with van der Waals surface area (Å²) in [6.45, 7) is 1.97. The van der Waals surface area contributed by atoms with Gasteiger partial charge in [-0.15, -0.1) is 0 Å². The van der Waals surface area contributed by atoms with Crippen LogP contribution in [0.25, 0.3) is 0 Å². The fourth-order valence-corrected chi connectivity index (χ4v) is 1.97. The highest BCUT2D eigenvalue weighted by Gasteiger charge is 2.31. The maximum Gasteiger partial charge on any atom is 0.278 e. The van der Waals surface area contributed by atoms with Gasteiger partial charge in [-0.2, -0.15) is 4.98 Å². The lowest BCUT2D eigenvalue weighted by Crippen LogP contribution is -2.03. The Morgan fingerprint density at radius 2 is 1.84 bits per heavy atom. The molecule has 0 saturated heterocycles. The molecule has 0 bridgehead atoms. The molecule has 1 aromatic heterocycles. The molecule has 0 fully saturated rings. The lowest BCUT2D eigenvalue weighted by atomic mass is 10.0. The predicted octanol–water partition coefficient (Wildman–Crippen LogP) is 4.90. The second-order valence-corrected chi connectivity index (χ2v) is 6.90. The van der Waals surface area contributed by atoms with E-state index >= 15 is 0 Å². The Kier molecular flexibility index (Phi) is 4.62. The van der Waals surface area contributed by atoms with Gasteiger partial charge in [0.15, 0.2) is 5.82 Å². The number of halogens is 4. The van der Waals surface area contributed by atoms with Crippen LogP contribution in [0.3, 0.4) is 0 Å². The van der Waals surface area contributed by atoms with E-state index in [4.69, 9.17) is 50.9 Å². The van der Waals surface area contributed by atoms with Crippen molar-refractivity contribution in [3.63, 3.8) is 0 Å². The van der Waals surface area contributed by atoms with E-state index in [0.717, 1.165) is 12.0 Å². The third-order valence-electron chi connectivity index (χ3n) is 2.58. The molecule has 2 rings (SSSR count). The average Bonchev–Trinajstić information content (AvgIpc) is 2.81. The van der Waals surface area contributed by atoms with Crippen LogP contribution in [0.2, 0.25) is 5.02 Å². The minimum Gasteiger partial charge on any atom is -0.335 e. The number of hydrogen-bond acceptors (Lipinski definition) is 3. The first-order chi connectivity index (χ1) is 8.86. The quantitative estimate of drug-likeness (QED) is 0.747. The summed E-state index contributed by atoms with van der Waals surface area (Å²) in [5, 5.41) is 4.53. The number of alkyl halides is 3. The number of hydrogen-bond donors (Lipinski definition) is 0. The molecule has 0 radical (unpaired) electrons. The van der Waals surface area contributed by atoms with Crippen LogP contribution in [-0.4, -0.2) is 10.1 Å². The molecule has 0 N–H and O–H groups in total. The molecule has 1 heterocycles. The van der Waals surface area contributed by atoms with Crippen LogP contribution in [-0.2, 0) is 10.2 Å². The van der Waals surface area contributed by atoms with E-state index in [-0.39, 0.29) is 11.8 Å². The number of rotatable bonds is 3. The molecule has 7 heteroatoms. The molecule has 0 unspecified atom stereocenters. The molecule has 0 aliphatic heterocycles. The highest BCUT2D eigenvalue weighted by atomic mass is 35.6. The summed E-state index contributed by atoms with van der Waals surface area (Å²) in [6, 6.07) is 7.59. The van der Waals surface area contributed by atoms with E-state index in [1.54, 1.807) is 0 Å². The van der Waals surface area contributed by atoms with Crippen molar-refractivity contribution in [2.24, 2.45) is 0 Å². The maximum absolute atomic E-state index is 5.84. The van der Waals surface area contributed by atoms with E-state index in [2.05, 4.69) is 10.1 Å². The van der Waals surface area contributed by atoms with Crippen LogP contribution in [0, 0.1) is 0 Å². The molecule has 1 atom stereocenters. The van der Waals surface area contributed by atoms with Crippen LogP contribution >= 0.6 is 46.4 Å². The highest BCUT2D eigenvalue weighted by molar-refractivity contribution is 6.66. The fraction of sp³-hybridized carbons (Fsp3) is 0.333. The van der Waals surface area contributed by atoms with E-state index in [1.165, 1.54) is 0 Å². The minimum atomic E-state index is -1.69. The van der Waals surface area contributed by atoms with Gasteiger partial charge in [0.2, 0.25) is 0 Å². The summed E-state index contributed by atoms with van der Waals surface area (Å²) in [7, 11) is 0. The zero-order valence-corrected chi connectivity index (χ0v) is 12.9. The van der Waals surface area contributed by atoms with Crippen LogP contribution in [0.1, 0.15) is 30.1 Å². The van der Waals surface area contributed by atoms with E-state index in [1.807, 2.05) is 31.2 Å². The first kappa shape index (κ1) is 14.9. The summed E-state index contributed by atoms with van der Waals surface area (Å²) in [4.78, 5) is 4.10. The van der Waals surface area contributed by atoms with Crippen LogP contribution in [0.4, 0.5) is 0 Å². The van der Waals surface area contributed by atoms with Gasteiger partial charge in [0.25, 0.3) is 9.68 Å². The lowest BCUT2D eigenvalue weighted by Gasteiger charge is -2.07. The lowest BCUT2D eigenvalue weighted by molar-refractivity contribution is 0.374. The smallest absolute Gasteiger partial charge is 0.278 e. The predicted molar refractivity (Wildman–Crippen MR) is 77.1 cm³/mol. The van der Waals surface area contributed by atoms with E-state index in [9.17, 15) is 0 Å². The highest BCUT2D eigenvalue weighted by Crippen LogP contribution is 2.37. The molecule has 0 amide bonds. The molecule has 3 nitrogen and oxygen atoms in total. The maximum atomic E-state index is 5.84. The monoisotopic (exact) mass is 338 g/mol. The zero-order chi connectivity index (χ0) is 14.0. The van der Waals surface area contributed by atoms with Gasteiger partial charge >= 0.3 is 0 Å². The third-order valence-corrected chi connectivity index (χ3v) is 3.32. The molecular weight excluding hydrogens is 330 g/mol. The van der Waals surface area contributed by atoms with Crippen molar-refractivity contribution in [1.29, 1.82) is 0 Å². The summed E-state index contributed by atoms with van der Waals surface area (Å²) in [5.74, 6) is 0.540. The Labute approximate surface area is 130 Å². The normalized spacial score (nSPS) is 13.5. The number of nitrogens with zero attached hydrogens (tertiary/aromatic N) is 2. The molecule has 102 valence electrons. The minimum absolute atomic E-state index is 0.0181. The van der Waals surface area contributed by atoms with Crippen LogP contribution in [0.15, 0.2) is 28.8 Å². The third kappa shape index (κ3) is 3.99. The number of aromatic nitrogens is 2. The fourth-order valence-electron chi connectivity index (χ4n) is 1.62. The van der Waals surface area contributed by atoms with Gasteiger partial charge in [0.05, 0.1) is 0 Å². The summed E-state index contributed by atoms with van der Waals surface area (Å²) in [6.07, 6.45) is 0.746. The summed E-state index contributed by atoms with van der Waals surface area (Å²) in [5.41, 5.74) is 1.12. The molecule has 2 aromatic rings. The molecule has 19 heavy (non-hydrogen) atoms. The zero-order valence-electron chi connectivity index (χ0n) is 9.91. The van der Waals surface area contributed by atoms with Gasteiger partial charge in [0.1, 0.15) is 0 Å². The van der Waals surface area contributed by atoms with E-state index in [0.29, 0.717) is 10.8 Å². The van der Waals surface area contributed by atoms with Crippen molar-refractivity contribution in [1.82, 2.24) is 10.1 Å². The van der Waals surface area contributed by atoms with Crippen LogP contribution in [0.5, 0.6) is 0 Å². The Morgan fingerprint density at radius 3 is 2.37 bits per heavy atom. The molecule has 0 saturated carbocycles. The standard InChI is InChI=1S/C12H10Cl4N2O/c1-7(6-8-2-4-9(13)5-3-8)10-17-11(19-18-10)12(14,15)16/h2-5,7H,6H2,1H3/t7-/m0/s1. The number of benzene rings is 1. The van der Waals surface area contributed by atoms with Gasteiger partial charge in [-0.1, -0.05) is 70.6 Å². The SMILES string of the molecule is C[C@@H](Cc1ccc(Cl)cc1)c1noc(C(Cl)(Cl)Cl)n1. The molecule has 0 spiro atoms. The molecule has 0 aliphatic rings. The Morgan fingerprint density at radius 1 is 1.21 bits per heavy atom. The Balaban J connectivity index is 2.09. The largest absolute Gasteiger partial charge is 0.335 e. The van der Waals surface area contributed by atoms with Crippen molar-refractivity contribution in [3.05, 3.63) is 46.6 Å². The van der Waals surface area contributed by atoms with Gasteiger partial charge in [-0.25, -0.2) is 0 Å². The average molecular weight is 340 g/mol. The van der Waals surface area contributed by atoms with Gasteiger partial charge in [-0.05, 0) is 24.1 Å². The first-order valence-corrected chi connectivity index (χ1v) is 7.02. The Bertz CT molecular complexity index is 548. The van der Waals surface area contributed by atoms with Crippen molar-refractivity contribution in [2.75, 3.05) is 0 Å².